The molecule has 3 heterocycles. The van der Waals surface area contributed by atoms with Crippen LogP contribution in [0.2, 0.25) is 0 Å². The fourth-order valence-electron chi connectivity index (χ4n) is 2.13. The molecule has 0 bridgehead atoms. The summed E-state index contributed by atoms with van der Waals surface area (Å²) < 4.78 is 6.50. The Labute approximate surface area is 139 Å². The van der Waals surface area contributed by atoms with Gasteiger partial charge in [-0.1, -0.05) is 17.4 Å². The van der Waals surface area contributed by atoms with Crippen molar-refractivity contribution in [2.75, 3.05) is 0 Å². The number of thiophene rings is 1. The van der Waals surface area contributed by atoms with Crippen molar-refractivity contribution in [3.05, 3.63) is 73.1 Å². The molecule has 8 nitrogen and oxygen atoms in total. The Balaban J connectivity index is 1.80. The zero-order valence-corrected chi connectivity index (χ0v) is 13.3. The summed E-state index contributed by atoms with van der Waals surface area (Å²) in [6.45, 7) is 1.63. The zero-order valence-electron chi connectivity index (χ0n) is 12.5. The van der Waals surface area contributed by atoms with Gasteiger partial charge >= 0.3 is 11.0 Å². The molecule has 0 unspecified atom stereocenters. The van der Waals surface area contributed by atoms with Crippen LogP contribution in [0.5, 0.6) is 0 Å². The first kappa shape index (κ1) is 15.8. The quantitative estimate of drug-likeness (QED) is 0.408. The minimum atomic E-state index is -0.695. The average molecular weight is 345 g/mol. The van der Waals surface area contributed by atoms with Crippen LogP contribution < -0.4 is 5.56 Å². The summed E-state index contributed by atoms with van der Waals surface area (Å²) in [5.41, 5.74) is 1.34. The molecule has 0 saturated carbocycles. The third kappa shape index (κ3) is 3.01. The van der Waals surface area contributed by atoms with Gasteiger partial charge < -0.3 is 4.74 Å². The topological polar surface area (TPSA) is 104 Å². The van der Waals surface area contributed by atoms with Crippen LogP contribution in [0, 0.1) is 17.0 Å². The average Bonchev–Trinajstić information content (AvgIpc) is 3.04. The van der Waals surface area contributed by atoms with Gasteiger partial charge in [-0.2, -0.15) is 0 Å². The van der Waals surface area contributed by atoms with E-state index in [1.54, 1.807) is 12.3 Å². The van der Waals surface area contributed by atoms with E-state index in [2.05, 4.69) is 4.98 Å². The van der Waals surface area contributed by atoms with Crippen molar-refractivity contribution in [3.8, 4) is 0 Å². The number of carbonyl (C=O) groups is 1. The molecule has 0 saturated heterocycles. The lowest BCUT2D eigenvalue weighted by atomic mass is 10.3. The molecule has 9 heteroatoms. The predicted molar refractivity (Wildman–Crippen MR) is 86.3 cm³/mol. The highest BCUT2D eigenvalue weighted by Crippen LogP contribution is 2.24. The van der Waals surface area contributed by atoms with E-state index in [1.807, 2.05) is 13.0 Å². The van der Waals surface area contributed by atoms with Gasteiger partial charge in [0.25, 0.3) is 5.56 Å². The highest BCUT2D eigenvalue weighted by molar-refractivity contribution is 7.17. The lowest BCUT2D eigenvalue weighted by molar-refractivity contribution is -0.380. The van der Waals surface area contributed by atoms with Crippen LogP contribution in [0.25, 0.3) is 5.65 Å². The maximum atomic E-state index is 12.1. The van der Waals surface area contributed by atoms with E-state index in [1.165, 1.54) is 22.6 Å². The van der Waals surface area contributed by atoms with Crippen molar-refractivity contribution in [1.29, 1.82) is 0 Å². The second-order valence-electron chi connectivity index (χ2n) is 4.94. The molecule has 0 aliphatic heterocycles. The van der Waals surface area contributed by atoms with Gasteiger partial charge in [0.2, 0.25) is 0 Å². The summed E-state index contributed by atoms with van der Waals surface area (Å²) in [6, 6.07) is 7.43. The monoisotopic (exact) mass is 345 g/mol. The van der Waals surface area contributed by atoms with Gasteiger partial charge in [0.05, 0.1) is 10.6 Å². The molecule has 0 radical (unpaired) electrons. The summed E-state index contributed by atoms with van der Waals surface area (Å²) in [5, 5.41) is 10.5. The van der Waals surface area contributed by atoms with Gasteiger partial charge in [-0.15, -0.1) is 0 Å². The van der Waals surface area contributed by atoms with Crippen molar-refractivity contribution in [2.45, 2.75) is 13.5 Å². The summed E-state index contributed by atoms with van der Waals surface area (Å²) in [4.78, 5) is 38.5. The Morgan fingerprint density at radius 3 is 2.92 bits per heavy atom. The standard InChI is InChI=1S/C15H11N3O5S/c1-9-3-2-6-17-12(19)7-10(16-14(9)17)8-23-15(20)11-4-5-13(24-11)18(21)22/h2-7H,8H2,1H3. The number of aromatic nitrogens is 2. The Bertz CT molecular complexity index is 1010. The fraction of sp³-hybridized carbons (Fsp3) is 0.133. The largest absolute Gasteiger partial charge is 0.455 e. The van der Waals surface area contributed by atoms with E-state index in [4.69, 9.17) is 4.74 Å². The number of esters is 1. The normalized spacial score (nSPS) is 10.7. The number of hydrogen-bond donors (Lipinski definition) is 0. The van der Waals surface area contributed by atoms with E-state index in [0.29, 0.717) is 11.3 Å². The first-order chi connectivity index (χ1) is 11.5. The molecule has 0 fully saturated rings. The Hall–Kier alpha value is -3.07. The van der Waals surface area contributed by atoms with Gasteiger partial charge in [0.15, 0.2) is 0 Å². The summed E-state index contributed by atoms with van der Waals surface area (Å²) in [5.74, 6) is -0.695. The summed E-state index contributed by atoms with van der Waals surface area (Å²) >= 11 is 0.733. The molecule has 0 amide bonds. The third-order valence-electron chi connectivity index (χ3n) is 3.26. The Kier molecular flexibility index (Phi) is 4.09. The molecule has 0 N–H and O–H groups in total. The van der Waals surface area contributed by atoms with Crippen LogP contribution in [-0.2, 0) is 11.3 Å². The molecule has 3 aromatic heterocycles. The Morgan fingerprint density at radius 2 is 2.21 bits per heavy atom. The van der Waals surface area contributed by atoms with Crippen LogP contribution in [-0.4, -0.2) is 20.3 Å². The number of nitro groups is 1. The second kappa shape index (κ2) is 6.20. The smallest absolute Gasteiger partial charge is 0.348 e. The molecule has 0 aliphatic rings. The number of rotatable bonds is 4. The SMILES string of the molecule is Cc1cccn2c(=O)cc(COC(=O)c3ccc([N+](=O)[O-])s3)nc12. The Morgan fingerprint density at radius 1 is 1.42 bits per heavy atom. The van der Waals surface area contributed by atoms with Gasteiger partial charge in [0, 0.05) is 18.3 Å². The molecule has 0 aromatic carbocycles. The maximum absolute atomic E-state index is 12.1. The minimum Gasteiger partial charge on any atom is -0.455 e. The molecule has 3 rings (SSSR count). The minimum absolute atomic E-state index is 0.121. The van der Waals surface area contributed by atoms with Crippen LogP contribution >= 0.6 is 11.3 Å². The molecule has 24 heavy (non-hydrogen) atoms. The molecule has 0 aliphatic carbocycles. The number of nitrogens with zero attached hydrogens (tertiary/aromatic N) is 3. The second-order valence-corrected chi connectivity index (χ2v) is 6.00. The number of pyridine rings is 1. The van der Waals surface area contributed by atoms with E-state index in [-0.39, 0.29) is 22.0 Å². The van der Waals surface area contributed by atoms with Gasteiger partial charge in [-0.25, -0.2) is 9.78 Å². The molecule has 0 spiro atoms. The van der Waals surface area contributed by atoms with E-state index in [9.17, 15) is 19.7 Å². The molecule has 0 atom stereocenters. The van der Waals surface area contributed by atoms with Crippen molar-refractivity contribution >= 4 is 28.0 Å². The lowest BCUT2D eigenvalue weighted by Crippen LogP contribution is -2.17. The van der Waals surface area contributed by atoms with Crippen LogP contribution in [0.3, 0.4) is 0 Å². The van der Waals surface area contributed by atoms with Gasteiger partial charge in [-0.05, 0) is 24.6 Å². The number of hydrogen-bond acceptors (Lipinski definition) is 7. The number of fused-ring (bicyclic) bond motifs is 1. The van der Waals surface area contributed by atoms with E-state index < -0.39 is 10.9 Å². The van der Waals surface area contributed by atoms with Crippen LogP contribution in [0.4, 0.5) is 5.00 Å². The first-order valence-corrected chi connectivity index (χ1v) is 7.66. The van der Waals surface area contributed by atoms with Gasteiger partial charge in [0.1, 0.15) is 17.1 Å². The number of ether oxygens (including phenoxy) is 1. The third-order valence-corrected chi connectivity index (χ3v) is 4.28. The highest BCUT2D eigenvalue weighted by atomic mass is 32.1. The van der Waals surface area contributed by atoms with Gasteiger partial charge in [-0.3, -0.25) is 19.3 Å². The highest BCUT2D eigenvalue weighted by Gasteiger charge is 2.17. The lowest BCUT2D eigenvalue weighted by Gasteiger charge is -2.06. The maximum Gasteiger partial charge on any atom is 0.348 e. The predicted octanol–water partition coefficient (Wildman–Crippen LogP) is 2.33. The van der Waals surface area contributed by atoms with Crippen molar-refractivity contribution in [1.82, 2.24) is 9.38 Å². The first-order valence-electron chi connectivity index (χ1n) is 6.85. The molecular formula is C15H11N3O5S. The number of carbonyl (C=O) groups excluding carboxylic acids is 1. The molecular weight excluding hydrogens is 334 g/mol. The summed E-state index contributed by atoms with van der Waals surface area (Å²) in [6.07, 6.45) is 1.61. The summed E-state index contributed by atoms with van der Waals surface area (Å²) in [7, 11) is 0. The van der Waals surface area contributed by atoms with Crippen molar-refractivity contribution in [3.63, 3.8) is 0 Å². The molecule has 122 valence electrons. The molecule has 3 aromatic rings. The van der Waals surface area contributed by atoms with Crippen molar-refractivity contribution in [2.24, 2.45) is 0 Å². The zero-order chi connectivity index (χ0) is 17.3. The number of aryl methyl sites for hydroxylation is 1. The van der Waals surface area contributed by atoms with E-state index in [0.717, 1.165) is 16.9 Å². The fourth-order valence-corrected chi connectivity index (χ4v) is 2.84. The van der Waals surface area contributed by atoms with Crippen LogP contribution in [0.1, 0.15) is 20.9 Å². The van der Waals surface area contributed by atoms with Crippen molar-refractivity contribution < 1.29 is 14.5 Å². The van der Waals surface area contributed by atoms with E-state index >= 15 is 0 Å². The van der Waals surface area contributed by atoms with Crippen LogP contribution in [0.15, 0.2) is 41.3 Å².